The number of ether oxygens (including phenoxy) is 3. The third-order valence-corrected chi connectivity index (χ3v) is 6.93. The molecule has 9 heteroatoms. The first-order valence-electron chi connectivity index (χ1n) is 11.6. The fourth-order valence-corrected chi connectivity index (χ4v) is 5.17. The molecule has 182 valence electrons. The van der Waals surface area contributed by atoms with Crippen LogP contribution in [-0.2, 0) is 4.79 Å². The summed E-state index contributed by atoms with van der Waals surface area (Å²) in [7, 11) is 1.62. The van der Waals surface area contributed by atoms with Crippen molar-refractivity contribution in [2.24, 2.45) is 0 Å². The highest BCUT2D eigenvalue weighted by Gasteiger charge is 2.39. The highest BCUT2D eigenvalue weighted by Crippen LogP contribution is 2.48. The van der Waals surface area contributed by atoms with E-state index < -0.39 is 11.0 Å². The fraction of sp³-hybridized carbons (Fsp3) is 0.222. The molecule has 0 fully saturated rings. The number of benzene rings is 3. The molecule has 3 aliphatic rings. The number of rotatable bonds is 4. The van der Waals surface area contributed by atoms with E-state index in [4.69, 9.17) is 14.2 Å². The Bertz CT molecular complexity index is 1420. The van der Waals surface area contributed by atoms with Crippen LogP contribution in [0.5, 0.6) is 17.2 Å². The van der Waals surface area contributed by atoms with Gasteiger partial charge in [0.05, 0.1) is 41.1 Å². The van der Waals surface area contributed by atoms with Crippen LogP contribution < -0.4 is 24.8 Å². The lowest BCUT2D eigenvalue weighted by Gasteiger charge is -2.30. The molecule has 2 aliphatic heterocycles. The number of nitrogens with zero attached hydrogens (tertiary/aromatic N) is 1. The number of allylic oxidation sites excluding steroid dienone is 1. The fourth-order valence-electron chi connectivity index (χ4n) is 5.17. The molecule has 2 N–H and O–H groups in total. The van der Waals surface area contributed by atoms with Gasteiger partial charge in [-0.05, 0) is 48.2 Å². The molecule has 0 radical (unpaired) electrons. The molecule has 0 amide bonds. The number of fused-ring (bicyclic) bond motifs is 2. The average Bonchev–Trinajstić information content (AvgIpc) is 3.28. The molecule has 36 heavy (non-hydrogen) atoms. The number of ketones is 1. The van der Waals surface area contributed by atoms with Crippen molar-refractivity contribution in [3.8, 4) is 17.2 Å². The van der Waals surface area contributed by atoms with E-state index in [2.05, 4.69) is 10.6 Å². The Labute approximate surface area is 206 Å². The van der Waals surface area contributed by atoms with E-state index in [1.165, 1.54) is 6.07 Å². The number of nitrogens with one attached hydrogen (secondary N) is 2. The third-order valence-electron chi connectivity index (χ3n) is 6.93. The van der Waals surface area contributed by atoms with Crippen molar-refractivity contribution in [1.29, 1.82) is 0 Å². The summed E-state index contributed by atoms with van der Waals surface area (Å²) in [5.41, 5.74) is 4.06. The maximum atomic E-state index is 13.7. The van der Waals surface area contributed by atoms with Gasteiger partial charge in [-0.1, -0.05) is 24.3 Å². The van der Waals surface area contributed by atoms with Crippen LogP contribution in [-0.4, -0.2) is 24.6 Å². The Hall–Kier alpha value is -4.53. The lowest BCUT2D eigenvalue weighted by atomic mass is 9.78. The average molecular weight is 485 g/mol. The predicted molar refractivity (Wildman–Crippen MR) is 133 cm³/mol. The molecule has 9 nitrogen and oxygen atoms in total. The van der Waals surface area contributed by atoms with Crippen LogP contribution in [0.2, 0.25) is 0 Å². The Kier molecular flexibility index (Phi) is 5.25. The van der Waals surface area contributed by atoms with Crippen molar-refractivity contribution in [3.63, 3.8) is 0 Å². The number of anilines is 2. The third kappa shape index (κ3) is 3.69. The van der Waals surface area contributed by atoms with Crippen LogP contribution in [0.1, 0.15) is 35.9 Å². The van der Waals surface area contributed by atoms with Gasteiger partial charge in [0, 0.05) is 17.7 Å². The molecule has 0 aromatic heterocycles. The second-order valence-corrected chi connectivity index (χ2v) is 8.96. The molecule has 2 atom stereocenters. The van der Waals surface area contributed by atoms with Crippen molar-refractivity contribution in [3.05, 3.63) is 93.2 Å². The van der Waals surface area contributed by atoms with Crippen molar-refractivity contribution in [2.45, 2.75) is 24.8 Å². The monoisotopic (exact) mass is 485 g/mol. The molecule has 0 bridgehead atoms. The normalized spacial score (nSPS) is 20.0. The number of Topliss-reactive ketones (excluding diaryl/α,β-unsaturated/α-hetero) is 1. The Morgan fingerprint density at radius 1 is 1.00 bits per heavy atom. The van der Waals surface area contributed by atoms with Crippen LogP contribution >= 0.6 is 0 Å². The number of hydrogen-bond donors (Lipinski definition) is 2. The zero-order chi connectivity index (χ0) is 24.8. The van der Waals surface area contributed by atoms with Crippen LogP contribution in [0.15, 0.2) is 71.9 Å². The molecular formula is C27H23N3O6. The van der Waals surface area contributed by atoms with Gasteiger partial charge in [0.25, 0.3) is 5.69 Å². The largest absolute Gasteiger partial charge is 0.497 e. The van der Waals surface area contributed by atoms with E-state index in [0.717, 1.165) is 28.4 Å². The highest BCUT2D eigenvalue weighted by atomic mass is 16.7. The van der Waals surface area contributed by atoms with Gasteiger partial charge in [-0.25, -0.2) is 0 Å². The Morgan fingerprint density at radius 3 is 2.44 bits per heavy atom. The molecule has 2 heterocycles. The second-order valence-electron chi connectivity index (χ2n) is 8.96. The molecule has 3 aromatic carbocycles. The maximum Gasteiger partial charge on any atom is 0.279 e. The molecule has 6 rings (SSSR count). The van der Waals surface area contributed by atoms with Crippen LogP contribution in [0.3, 0.4) is 0 Å². The molecule has 0 unspecified atom stereocenters. The standard InChI is InChI=1S/C27H23N3O6/c1-34-17-8-6-15(7-9-17)16-10-21-26(23(31)11-16)27(29-20-5-3-2-4-19(20)28-21)18-12-24-25(36-14-35-24)13-22(18)30(32)33/h2-9,12-13,16,27-29H,10-11,14H2,1H3/t16-,27+/m0/s1. The molecule has 0 spiro atoms. The van der Waals surface area contributed by atoms with Crippen molar-refractivity contribution >= 4 is 22.8 Å². The van der Waals surface area contributed by atoms with Gasteiger partial charge in [0.1, 0.15) is 5.75 Å². The number of para-hydroxylation sites is 2. The molecule has 3 aromatic rings. The summed E-state index contributed by atoms with van der Waals surface area (Å²) in [5.74, 6) is 1.39. The van der Waals surface area contributed by atoms with E-state index in [0.29, 0.717) is 35.5 Å². The minimum Gasteiger partial charge on any atom is -0.497 e. The minimum absolute atomic E-state index is 0.00512. The number of carbonyl (C=O) groups excluding carboxylic acids is 1. The minimum atomic E-state index is -0.740. The summed E-state index contributed by atoms with van der Waals surface area (Å²) in [6.45, 7) is -0.00512. The summed E-state index contributed by atoms with van der Waals surface area (Å²) in [4.78, 5) is 25.4. The SMILES string of the molecule is COc1ccc([C@@H]2CC(=O)C3=C(C2)Nc2ccccc2N[C@@H]3c2cc3c(cc2[N+](=O)[O-])OCO3)cc1. The van der Waals surface area contributed by atoms with Gasteiger partial charge < -0.3 is 24.8 Å². The summed E-state index contributed by atoms with van der Waals surface area (Å²) >= 11 is 0. The number of hydrogen-bond acceptors (Lipinski definition) is 8. The predicted octanol–water partition coefficient (Wildman–Crippen LogP) is 5.31. The summed E-state index contributed by atoms with van der Waals surface area (Å²) in [5, 5.41) is 18.9. The quantitative estimate of drug-likeness (QED) is 0.378. The van der Waals surface area contributed by atoms with E-state index in [1.807, 2.05) is 48.5 Å². The lowest BCUT2D eigenvalue weighted by molar-refractivity contribution is -0.385. The lowest BCUT2D eigenvalue weighted by Crippen LogP contribution is -2.27. The number of nitro groups is 1. The molecular weight excluding hydrogens is 462 g/mol. The van der Waals surface area contributed by atoms with E-state index >= 15 is 0 Å². The van der Waals surface area contributed by atoms with Gasteiger partial charge in [-0.3, -0.25) is 14.9 Å². The first-order valence-corrected chi connectivity index (χ1v) is 11.6. The van der Waals surface area contributed by atoms with E-state index in [1.54, 1.807) is 13.2 Å². The van der Waals surface area contributed by atoms with Crippen molar-refractivity contribution < 1.29 is 23.9 Å². The first kappa shape index (κ1) is 22.0. The summed E-state index contributed by atoms with van der Waals surface area (Å²) < 4.78 is 16.2. The van der Waals surface area contributed by atoms with Crippen molar-refractivity contribution in [1.82, 2.24) is 0 Å². The van der Waals surface area contributed by atoms with E-state index in [9.17, 15) is 14.9 Å². The highest BCUT2D eigenvalue weighted by molar-refractivity contribution is 6.01. The van der Waals surface area contributed by atoms with Gasteiger partial charge >= 0.3 is 0 Å². The molecule has 0 saturated carbocycles. The van der Waals surface area contributed by atoms with Crippen LogP contribution in [0.25, 0.3) is 0 Å². The number of carbonyl (C=O) groups is 1. The Balaban J connectivity index is 1.48. The van der Waals surface area contributed by atoms with Crippen LogP contribution in [0, 0.1) is 10.1 Å². The van der Waals surface area contributed by atoms with E-state index in [-0.39, 0.29) is 24.2 Å². The first-order chi connectivity index (χ1) is 17.5. The molecule has 0 saturated heterocycles. The van der Waals surface area contributed by atoms with Gasteiger partial charge in [0.15, 0.2) is 17.3 Å². The summed E-state index contributed by atoms with van der Waals surface area (Å²) in [6, 6.07) is 17.6. The number of methoxy groups -OCH3 is 1. The van der Waals surface area contributed by atoms with Crippen LogP contribution in [0.4, 0.5) is 17.1 Å². The van der Waals surface area contributed by atoms with Crippen molar-refractivity contribution in [2.75, 3.05) is 24.5 Å². The number of nitro benzene ring substituents is 1. The Morgan fingerprint density at radius 2 is 1.72 bits per heavy atom. The van der Waals surface area contributed by atoms with Gasteiger partial charge in [-0.2, -0.15) is 0 Å². The second kappa shape index (κ2) is 8.60. The zero-order valence-electron chi connectivity index (χ0n) is 19.4. The zero-order valence-corrected chi connectivity index (χ0v) is 19.4. The van der Waals surface area contributed by atoms with Gasteiger partial charge in [-0.15, -0.1) is 0 Å². The topological polar surface area (TPSA) is 112 Å². The summed E-state index contributed by atoms with van der Waals surface area (Å²) in [6.07, 6.45) is 0.873. The maximum absolute atomic E-state index is 13.7. The smallest absolute Gasteiger partial charge is 0.279 e. The molecule has 1 aliphatic carbocycles. The van der Waals surface area contributed by atoms with Gasteiger partial charge in [0.2, 0.25) is 6.79 Å².